The molecule has 3 N–H and O–H groups in total. The van der Waals surface area contributed by atoms with Crippen LogP contribution in [0.4, 0.5) is 5.95 Å². The van der Waals surface area contributed by atoms with Crippen molar-refractivity contribution in [3.63, 3.8) is 0 Å². The average molecular weight is 228 g/mol. The number of rotatable bonds is 4. The molecule has 2 rings (SSSR count). The summed E-state index contributed by atoms with van der Waals surface area (Å²) in [5.74, 6) is -0.216. The van der Waals surface area contributed by atoms with Gasteiger partial charge in [-0.1, -0.05) is 11.8 Å². The lowest BCUT2D eigenvalue weighted by molar-refractivity contribution is -0.136. The molecule has 1 aliphatic carbocycles. The Morgan fingerprint density at radius 2 is 2.33 bits per heavy atom. The Kier molecular flexibility index (Phi) is 2.56. The quantitative estimate of drug-likeness (QED) is 0.722. The first-order valence-corrected chi connectivity index (χ1v) is 5.52. The third-order valence-corrected chi connectivity index (χ3v) is 3.80. The van der Waals surface area contributed by atoms with E-state index in [1.54, 1.807) is 11.6 Å². The van der Waals surface area contributed by atoms with Crippen LogP contribution in [0.5, 0.6) is 0 Å². The maximum Gasteiger partial charge on any atom is 0.317 e. The summed E-state index contributed by atoms with van der Waals surface area (Å²) in [7, 11) is 1.73. The normalized spacial score (nSPS) is 17.7. The van der Waals surface area contributed by atoms with E-state index < -0.39 is 11.2 Å². The summed E-state index contributed by atoms with van der Waals surface area (Å²) in [6.45, 7) is 0. The van der Waals surface area contributed by atoms with Gasteiger partial charge in [0.15, 0.2) is 5.16 Å². The monoisotopic (exact) mass is 228 g/mol. The van der Waals surface area contributed by atoms with Gasteiger partial charge in [0.25, 0.3) is 0 Å². The van der Waals surface area contributed by atoms with Gasteiger partial charge >= 0.3 is 5.97 Å². The number of carbonyl (C=O) groups is 1. The molecular weight excluding hydrogens is 216 g/mol. The van der Waals surface area contributed by atoms with Crippen LogP contribution >= 0.6 is 11.8 Å². The number of carboxylic acid groups (broad SMARTS) is 1. The zero-order chi connectivity index (χ0) is 11.0. The molecule has 82 valence electrons. The smallest absolute Gasteiger partial charge is 0.317 e. The Labute approximate surface area is 90.9 Å². The van der Waals surface area contributed by atoms with E-state index >= 15 is 0 Å². The fourth-order valence-corrected chi connectivity index (χ4v) is 2.42. The fourth-order valence-electron chi connectivity index (χ4n) is 1.29. The number of anilines is 1. The van der Waals surface area contributed by atoms with Gasteiger partial charge in [0.2, 0.25) is 5.95 Å². The molecule has 1 unspecified atom stereocenters. The number of aliphatic carboxylic acids is 1. The number of nitrogens with two attached hydrogens (primary N) is 1. The van der Waals surface area contributed by atoms with E-state index in [1.807, 2.05) is 0 Å². The third kappa shape index (κ3) is 2.06. The zero-order valence-corrected chi connectivity index (χ0v) is 9.07. The van der Waals surface area contributed by atoms with E-state index in [1.165, 1.54) is 11.8 Å². The standard InChI is InChI=1S/C8H12N4O2S/c1-12-7(9)10-11-8(12)15-5(6(13)14)4-2-3-4/h4-5H,2-3H2,1H3,(H2,9,10)(H,13,14). The number of hydrogen-bond acceptors (Lipinski definition) is 5. The molecule has 0 aliphatic heterocycles. The van der Waals surface area contributed by atoms with E-state index in [0.717, 1.165) is 12.8 Å². The summed E-state index contributed by atoms with van der Waals surface area (Å²) in [6.07, 6.45) is 1.97. The largest absolute Gasteiger partial charge is 0.480 e. The van der Waals surface area contributed by atoms with Crippen molar-refractivity contribution in [1.29, 1.82) is 0 Å². The lowest BCUT2D eigenvalue weighted by Crippen LogP contribution is -2.19. The van der Waals surface area contributed by atoms with Crippen LogP contribution in [0.25, 0.3) is 0 Å². The van der Waals surface area contributed by atoms with Gasteiger partial charge in [0.1, 0.15) is 5.25 Å². The minimum Gasteiger partial charge on any atom is -0.480 e. The van der Waals surface area contributed by atoms with Gasteiger partial charge in [0.05, 0.1) is 0 Å². The molecule has 1 aromatic heterocycles. The number of thioether (sulfide) groups is 1. The van der Waals surface area contributed by atoms with Gasteiger partial charge in [0, 0.05) is 7.05 Å². The Morgan fingerprint density at radius 3 is 2.73 bits per heavy atom. The van der Waals surface area contributed by atoms with Gasteiger partial charge < -0.3 is 10.8 Å². The Hall–Kier alpha value is -1.24. The number of carboxylic acids is 1. The Morgan fingerprint density at radius 1 is 1.67 bits per heavy atom. The van der Waals surface area contributed by atoms with Gasteiger partial charge in [-0.25, -0.2) is 0 Å². The Bertz CT molecular complexity index is 388. The zero-order valence-electron chi connectivity index (χ0n) is 8.25. The highest BCUT2D eigenvalue weighted by Gasteiger charge is 2.38. The van der Waals surface area contributed by atoms with Crippen molar-refractivity contribution in [2.45, 2.75) is 23.2 Å². The molecule has 0 radical (unpaired) electrons. The summed E-state index contributed by atoms with van der Waals surface area (Å²) in [6, 6.07) is 0. The third-order valence-electron chi connectivity index (χ3n) is 2.39. The lowest BCUT2D eigenvalue weighted by atomic mass is 10.3. The SMILES string of the molecule is Cn1c(N)nnc1SC(C(=O)O)C1CC1. The minimum absolute atomic E-state index is 0.269. The van der Waals surface area contributed by atoms with Crippen LogP contribution in [0.2, 0.25) is 0 Å². The van der Waals surface area contributed by atoms with Gasteiger partial charge in [-0.15, -0.1) is 10.2 Å². The molecule has 0 amide bonds. The maximum atomic E-state index is 11.0. The van der Waals surface area contributed by atoms with Gasteiger partial charge in [-0.2, -0.15) is 0 Å². The van der Waals surface area contributed by atoms with E-state index in [4.69, 9.17) is 10.8 Å². The average Bonchev–Trinajstić information content (AvgIpc) is 2.95. The van der Waals surface area contributed by atoms with Crippen molar-refractivity contribution in [2.75, 3.05) is 5.73 Å². The van der Waals surface area contributed by atoms with Crippen LogP contribution in [0.1, 0.15) is 12.8 Å². The molecule has 7 heteroatoms. The first-order chi connectivity index (χ1) is 7.09. The summed E-state index contributed by atoms with van der Waals surface area (Å²) in [4.78, 5) is 11.0. The molecule has 1 atom stereocenters. The van der Waals surface area contributed by atoms with Crippen LogP contribution < -0.4 is 5.73 Å². The van der Waals surface area contributed by atoms with E-state index in [-0.39, 0.29) is 5.92 Å². The minimum atomic E-state index is -0.788. The van der Waals surface area contributed by atoms with Crippen LogP contribution in [0.3, 0.4) is 0 Å². The first kappa shape index (κ1) is 10.3. The van der Waals surface area contributed by atoms with E-state index in [9.17, 15) is 4.79 Å². The topological polar surface area (TPSA) is 94.0 Å². The lowest BCUT2D eigenvalue weighted by Gasteiger charge is -2.09. The van der Waals surface area contributed by atoms with Crippen LogP contribution in [0.15, 0.2) is 5.16 Å². The second-order valence-electron chi connectivity index (χ2n) is 3.61. The van der Waals surface area contributed by atoms with Crippen LogP contribution in [-0.4, -0.2) is 31.1 Å². The molecule has 0 aromatic carbocycles. The molecule has 0 bridgehead atoms. The predicted molar refractivity (Wildman–Crippen MR) is 55.4 cm³/mol. The number of hydrogen-bond donors (Lipinski definition) is 2. The van der Waals surface area contributed by atoms with E-state index in [2.05, 4.69) is 10.2 Å². The molecule has 1 saturated carbocycles. The highest BCUT2D eigenvalue weighted by atomic mass is 32.2. The number of nitrogen functional groups attached to an aromatic ring is 1. The molecule has 1 aliphatic rings. The van der Waals surface area contributed by atoms with Crippen molar-refractivity contribution in [3.8, 4) is 0 Å². The molecular formula is C8H12N4O2S. The molecule has 15 heavy (non-hydrogen) atoms. The van der Waals surface area contributed by atoms with Crippen LogP contribution in [0, 0.1) is 5.92 Å². The molecule has 1 heterocycles. The second-order valence-corrected chi connectivity index (χ2v) is 4.72. The number of nitrogens with zero attached hydrogens (tertiary/aromatic N) is 3. The van der Waals surface area contributed by atoms with Crippen molar-refractivity contribution in [1.82, 2.24) is 14.8 Å². The summed E-state index contributed by atoms with van der Waals surface area (Å²) < 4.78 is 1.60. The second kappa shape index (κ2) is 3.73. The predicted octanol–water partition coefficient (Wildman–Crippen LogP) is 0.353. The van der Waals surface area contributed by atoms with Crippen molar-refractivity contribution in [3.05, 3.63) is 0 Å². The summed E-state index contributed by atoms with van der Waals surface area (Å²) >= 11 is 1.22. The molecule has 0 saturated heterocycles. The summed E-state index contributed by atoms with van der Waals surface area (Å²) in [5, 5.41) is 16.7. The molecule has 1 aromatic rings. The fraction of sp³-hybridized carbons (Fsp3) is 0.625. The number of aromatic nitrogens is 3. The van der Waals surface area contributed by atoms with Gasteiger partial charge in [-0.3, -0.25) is 9.36 Å². The molecule has 1 fully saturated rings. The van der Waals surface area contributed by atoms with Crippen LogP contribution in [-0.2, 0) is 11.8 Å². The Balaban J connectivity index is 2.12. The van der Waals surface area contributed by atoms with Crippen molar-refractivity contribution < 1.29 is 9.90 Å². The molecule has 0 spiro atoms. The van der Waals surface area contributed by atoms with E-state index in [0.29, 0.717) is 11.1 Å². The van der Waals surface area contributed by atoms with Crippen molar-refractivity contribution in [2.24, 2.45) is 13.0 Å². The molecule has 6 nitrogen and oxygen atoms in total. The maximum absolute atomic E-state index is 11.0. The highest BCUT2D eigenvalue weighted by Crippen LogP contribution is 2.41. The summed E-state index contributed by atoms with van der Waals surface area (Å²) in [5.41, 5.74) is 5.51. The van der Waals surface area contributed by atoms with Gasteiger partial charge in [-0.05, 0) is 18.8 Å². The highest BCUT2D eigenvalue weighted by molar-refractivity contribution is 8.00. The van der Waals surface area contributed by atoms with Crippen molar-refractivity contribution >= 4 is 23.7 Å². The first-order valence-electron chi connectivity index (χ1n) is 4.64.